The van der Waals surface area contributed by atoms with Gasteiger partial charge in [-0.05, 0) is 38.1 Å². The zero-order valence-corrected chi connectivity index (χ0v) is 17.5. The van der Waals surface area contributed by atoms with E-state index in [0.717, 1.165) is 0 Å². The molecule has 0 aliphatic carbocycles. The van der Waals surface area contributed by atoms with E-state index >= 15 is 0 Å². The molecule has 4 N–H and O–H groups in total. The Labute approximate surface area is 173 Å². The number of hydrogen-bond acceptors (Lipinski definition) is 4. The lowest BCUT2D eigenvalue weighted by molar-refractivity contribution is -0.133. The van der Waals surface area contributed by atoms with Gasteiger partial charge >= 0.3 is 11.9 Å². The van der Waals surface area contributed by atoms with Crippen LogP contribution in [0.1, 0.15) is 34.1 Å². The third-order valence-corrected chi connectivity index (χ3v) is 2.24. The maximum atomic E-state index is 9.60. The van der Waals surface area contributed by atoms with E-state index in [1.54, 1.807) is 48.5 Å². The first-order chi connectivity index (χ1) is 13.5. The maximum Gasteiger partial charge on any atom is 0.330 e. The summed E-state index contributed by atoms with van der Waals surface area (Å²) in [4.78, 5) is 19.2. The number of aliphatic carboxylic acids is 2. The summed E-state index contributed by atoms with van der Waals surface area (Å²) >= 11 is 0. The predicted octanol–water partition coefficient (Wildman–Crippen LogP) is 5.49. The lowest BCUT2D eigenvalue weighted by atomic mass is 10.3. The molecule has 6 heteroatoms. The van der Waals surface area contributed by atoms with Crippen molar-refractivity contribution in [3.05, 3.63) is 85.0 Å². The Morgan fingerprint density at radius 1 is 0.690 bits per heavy atom. The molecule has 0 spiro atoms. The highest BCUT2D eigenvalue weighted by molar-refractivity contribution is 5.85. The largest absolute Gasteiger partial charge is 0.508 e. The third kappa shape index (κ3) is 29.5. The Morgan fingerprint density at radius 3 is 0.931 bits per heavy atom. The van der Waals surface area contributed by atoms with Crippen molar-refractivity contribution >= 4 is 11.9 Å². The van der Waals surface area contributed by atoms with Crippen molar-refractivity contribution in [1.29, 1.82) is 0 Å². The molecule has 6 nitrogen and oxygen atoms in total. The minimum absolute atomic E-state index is 0.176. The van der Waals surface area contributed by atoms with Crippen LogP contribution in [0, 0.1) is 0 Å². The highest BCUT2D eigenvalue weighted by atomic mass is 16.4. The van der Waals surface area contributed by atoms with Crippen molar-refractivity contribution in [3.63, 3.8) is 0 Å². The van der Waals surface area contributed by atoms with Crippen LogP contribution in [0.3, 0.4) is 0 Å². The number of benzene rings is 2. The molecule has 0 amide bonds. The Hall–Kier alpha value is -3.54. The molecule has 0 bridgehead atoms. The number of aromatic hydroxyl groups is 2. The van der Waals surface area contributed by atoms with Crippen LogP contribution >= 0.6 is 0 Å². The topological polar surface area (TPSA) is 115 Å². The van der Waals surface area contributed by atoms with E-state index in [4.69, 9.17) is 20.4 Å². The first-order valence-electron chi connectivity index (χ1n) is 8.75. The predicted molar refractivity (Wildman–Crippen MR) is 117 cm³/mol. The van der Waals surface area contributed by atoms with Gasteiger partial charge in [-0.15, -0.1) is 0 Å². The molecule has 2 aromatic carbocycles. The molecule has 160 valence electrons. The number of carbonyl (C=O) groups is 2. The molecule has 2 aromatic rings. The fourth-order valence-electron chi connectivity index (χ4n) is 0.856. The summed E-state index contributed by atoms with van der Waals surface area (Å²) < 4.78 is 0. The van der Waals surface area contributed by atoms with Gasteiger partial charge in [0.05, 0.1) is 0 Å². The monoisotopic (exact) mass is 404 g/mol. The van der Waals surface area contributed by atoms with Crippen LogP contribution in [-0.4, -0.2) is 32.4 Å². The number of rotatable bonds is 2. The van der Waals surface area contributed by atoms with Gasteiger partial charge in [0.1, 0.15) is 11.5 Å². The quantitative estimate of drug-likeness (QED) is 0.492. The van der Waals surface area contributed by atoms with Crippen LogP contribution in [0.25, 0.3) is 0 Å². The van der Waals surface area contributed by atoms with Crippen LogP contribution in [0.5, 0.6) is 11.5 Å². The Kier molecular flexibility index (Phi) is 21.6. The van der Waals surface area contributed by atoms with E-state index in [1.807, 2.05) is 12.1 Å². The standard InChI is InChI=1S/2C6H6O.2C4H6O2.C3H8/c2*7-6-4-2-1-3-5-6;2*1-3(2)4(5)6;1-3-2/h2*1-5,7H;2*1H2,2H3,(H,5,6);3H2,1-2H3. The van der Waals surface area contributed by atoms with E-state index in [2.05, 4.69) is 27.0 Å². The molecule has 0 saturated heterocycles. The van der Waals surface area contributed by atoms with Crippen molar-refractivity contribution in [2.45, 2.75) is 34.1 Å². The second-order valence-corrected chi connectivity index (χ2v) is 5.55. The maximum absolute atomic E-state index is 9.60. The second kappa shape index (κ2) is 20.8. The molecule has 0 fully saturated rings. The number of para-hydroxylation sites is 2. The first kappa shape index (κ1) is 30.2. The fraction of sp³-hybridized carbons (Fsp3) is 0.217. The highest BCUT2D eigenvalue weighted by Gasteiger charge is 1.90. The van der Waals surface area contributed by atoms with E-state index in [0.29, 0.717) is 11.5 Å². The molecule has 0 saturated carbocycles. The SMILES string of the molecule is C=C(C)C(=O)O.C=C(C)C(=O)O.CCC.Oc1ccccc1.Oc1ccccc1. The molecule has 0 radical (unpaired) electrons. The summed E-state index contributed by atoms with van der Waals surface area (Å²) in [6.45, 7) is 13.5. The molecular formula is C23H32O6. The Morgan fingerprint density at radius 2 is 0.862 bits per heavy atom. The van der Waals surface area contributed by atoms with Crippen molar-refractivity contribution < 1.29 is 30.0 Å². The zero-order chi connectivity index (χ0) is 23.2. The fourth-order valence-corrected chi connectivity index (χ4v) is 0.856. The highest BCUT2D eigenvalue weighted by Crippen LogP contribution is 2.03. The zero-order valence-electron chi connectivity index (χ0n) is 17.5. The Bertz CT molecular complexity index is 608. The van der Waals surface area contributed by atoms with Gasteiger partial charge in [0, 0.05) is 11.1 Å². The van der Waals surface area contributed by atoms with Crippen LogP contribution in [0.4, 0.5) is 0 Å². The minimum atomic E-state index is -0.935. The molecule has 0 aromatic heterocycles. The number of hydrogen-bond donors (Lipinski definition) is 4. The average molecular weight is 405 g/mol. The van der Waals surface area contributed by atoms with Crippen molar-refractivity contribution in [3.8, 4) is 11.5 Å². The van der Waals surface area contributed by atoms with E-state index < -0.39 is 11.9 Å². The van der Waals surface area contributed by atoms with Gasteiger partial charge in [0.15, 0.2) is 0 Å². The lowest BCUT2D eigenvalue weighted by Gasteiger charge is -1.82. The van der Waals surface area contributed by atoms with Crippen molar-refractivity contribution in [2.75, 3.05) is 0 Å². The summed E-state index contributed by atoms with van der Waals surface area (Å²) in [7, 11) is 0. The number of phenolic OH excluding ortho intramolecular Hbond substituents is 2. The molecule has 0 aliphatic rings. The molecule has 0 heterocycles. The molecular weight excluding hydrogens is 372 g/mol. The van der Waals surface area contributed by atoms with Gasteiger partial charge in [-0.25, -0.2) is 9.59 Å². The average Bonchev–Trinajstić information content (AvgIpc) is 2.65. The second-order valence-electron chi connectivity index (χ2n) is 5.55. The molecule has 0 aliphatic heterocycles. The summed E-state index contributed by atoms with van der Waals surface area (Å²) in [5.41, 5.74) is 0.352. The van der Waals surface area contributed by atoms with Crippen LogP contribution in [0.15, 0.2) is 85.0 Å². The van der Waals surface area contributed by atoms with Gasteiger partial charge < -0.3 is 20.4 Å². The molecule has 0 atom stereocenters. The van der Waals surface area contributed by atoms with Crippen molar-refractivity contribution in [1.82, 2.24) is 0 Å². The number of phenols is 2. The lowest BCUT2D eigenvalue weighted by Crippen LogP contribution is -1.92. The normalized spacial score (nSPS) is 7.86. The van der Waals surface area contributed by atoms with Gasteiger partial charge in [-0.1, -0.05) is 69.8 Å². The van der Waals surface area contributed by atoms with Crippen LogP contribution in [-0.2, 0) is 9.59 Å². The summed E-state index contributed by atoms with van der Waals surface area (Å²) in [6.07, 6.45) is 1.25. The van der Waals surface area contributed by atoms with Crippen LogP contribution < -0.4 is 0 Å². The van der Waals surface area contributed by atoms with Gasteiger partial charge in [-0.2, -0.15) is 0 Å². The van der Waals surface area contributed by atoms with Gasteiger partial charge in [-0.3, -0.25) is 0 Å². The summed E-state index contributed by atoms with van der Waals surface area (Å²) in [6, 6.07) is 17.4. The van der Waals surface area contributed by atoms with Crippen LogP contribution in [0.2, 0.25) is 0 Å². The summed E-state index contributed by atoms with van der Waals surface area (Å²) in [5, 5.41) is 33.0. The molecule has 2 rings (SSSR count). The van der Waals surface area contributed by atoms with Gasteiger partial charge in [0.2, 0.25) is 0 Å². The molecule has 29 heavy (non-hydrogen) atoms. The van der Waals surface area contributed by atoms with E-state index in [9.17, 15) is 9.59 Å². The Balaban J connectivity index is -0.000000298. The number of carboxylic acids is 2. The smallest absolute Gasteiger partial charge is 0.330 e. The molecule has 0 unspecified atom stereocenters. The summed E-state index contributed by atoms with van der Waals surface area (Å²) in [5.74, 6) is -1.23. The van der Waals surface area contributed by atoms with Gasteiger partial charge in [0.25, 0.3) is 0 Å². The first-order valence-corrected chi connectivity index (χ1v) is 8.75. The van der Waals surface area contributed by atoms with E-state index in [-0.39, 0.29) is 11.1 Å². The van der Waals surface area contributed by atoms with E-state index in [1.165, 1.54) is 20.3 Å². The van der Waals surface area contributed by atoms with Crippen molar-refractivity contribution in [2.24, 2.45) is 0 Å². The minimum Gasteiger partial charge on any atom is -0.508 e. The number of carboxylic acid groups (broad SMARTS) is 2. The third-order valence-electron chi connectivity index (χ3n) is 2.24.